The number of carbonyl (C=O) groups is 1. The maximum Gasteiger partial charge on any atom is 0.267 e. The third kappa shape index (κ3) is 2.18. The van der Waals surface area contributed by atoms with Gasteiger partial charge in [-0.1, -0.05) is 18.2 Å². The molecule has 1 amide bonds. The van der Waals surface area contributed by atoms with Crippen LogP contribution in [-0.2, 0) is 13.0 Å². The van der Waals surface area contributed by atoms with E-state index in [1.807, 2.05) is 18.2 Å². The summed E-state index contributed by atoms with van der Waals surface area (Å²) < 4.78 is 0. The third-order valence-corrected chi connectivity index (χ3v) is 3.62. The lowest BCUT2D eigenvalue weighted by atomic mass is 9.98. The molecular formula is C15H16N4O. The predicted octanol–water partition coefficient (Wildman–Crippen LogP) is 1.33. The van der Waals surface area contributed by atoms with E-state index < -0.39 is 5.91 Å². The predicted molar refractivity (Wildman–Crippen MR) is 78.4 cm³/mol. The number of benzene rings is 1. The number of anilines is 2. The van der Waals surface area contributed by atoms with Crippen LogP contribution >= 0.6 is 0 Å². The summed E-state index contributed by atoms with van der Waals surface area (Å²) in [6, 6.07) is 11.3. The number of hydrogen-bond donors (Lipinski definition) is 2. The molecule has 0 saturated heterocycles. The number of nitrogen functional groups attached to an aromatic ring is 1. The molecule has 0 aliphatic carbocycles. The van der Waals surface area contributed by atoms with Crippen LogP contribution in [-0.4, -0.2) is 17.4 Å². The smallest absolute Gasteiger partial charge is 0.267 e. The van der Waals surface area contributed by atoms with Crippen molar-refractivity contribution in [2.75, 3.05) is 17.2 Å². The number of primary amides is 1. The van der Waals surface area contributed by atoms with Gasteiger partial charge in [0.15, 0.2) is 0 Å². The second-order valence-electron chi connectivity index (χ2n) is 4.90. The Balaban J connectivity index is 1.92. The highest BCUT2D eigenvalue weighted by Crippen LogP contribution is 2.27. The Kier molecular flexibility index (Phi) is 3.02. The molecule has 0 radical (unpaired) electrons. The average molecular weight is 268 g/mol. The Morgan fingerprint density at radius 2 is 2.00 bits per heavy atom. The van der Waals surface area contributed by atoms with E-state index in [9.17, 15) is 4.79 Å². The fraction of sp³-hybridized carbons (Fsp3) is 0.200. The first-order valence-electron chi connectivity index (χ1n) is 6.53. The SMILES string of the molecule is NC(=O)c1cccc(N2CCc3cccc(N)c3C2)n1. The van der Waals surface area contributed by atoms with Crippen LogP contribution in [0.4, 0.5) is 11.5 Å². The van der Waals surface area contributed by atoms with E-state index in [0.717, 1.165) is 30.0 Å². The lowest BCUT2D eigenvalue weighted by Gasteiger charge is -2.30. The zero-order chi connectivity index (χ0) is 14.1. The molecule has 20 heavy (non-hydrogen) atoms. The van der Waals surface area contributed by atoms with Crippen molar-refractivity contribution >= 4 is 17.4 Å². The minimum absolute atomic E-state index is 0.286. The van der Waals surface area contributed by atoms with Gasteiger partial charge in [-0.2, -0.15) is 0 Å². The largest absolute Gasteiger partial charge is 0.398 e. The van der Waals surface area contributed by atoms with Crippen LogP contribution < -0.4 is 16.4 Å². The van der Waals surface area contributed by atoms with E-state index in [2.05, 4.69) is 16.0 Å². The molecule has 0 unspecified atom stereocenters. The Labute approximate surface area is 117 Å². The molecular weight excluding hydrogens is 252 g/mol. The van der Waals surface area contributed by atoms with E-state index in [4.69, 9.17) is 11.5 Å². The van der Waals surface area contributed by atoms with Crippen LogP contribution in [0.15, 0.2) is 36.4 Å². The lowest BCUT2D eigenvalue weighted by molar-refractivity contribution is 0.0995. The van der Waals surface area contributed by atoms with Gasteiger partial charge in [-0.05, 0) is 35.7 Å². The lowest BCUT2D eigenvalue weighted by Crippen LogP contribution is -2.32. The first-order valence-corrected chi connectivity index (χ1v) is 6.53. The van der Waals surface area contributed by atoms with E-state index >= 15 is 0 Å². The van der Waals surface area contributed by atoms with Crippen LogP contribution in [0.2, 0.25) is 0 Å². The summed E-state index contributed by atoms with van der Waals surface area (Å²) in [7, 11) is 0. The highest BCUT2D eigenvalue weighted by Gasteiger charge is 2.19. The van der Waals surface area contributed by atoms with Gasteiger partial charge >= 0.3 is 0 Å². The van der Waals surface area contributed by atoms with Crippen molar-refractivity contribution in [3.05, 3.63) is 53.2 Å². The van der Waals surface area contributed by atoms with Gasteiger partial charge in [-0.15, -0.1) is 0 Å². The van der Waals surface area contributed by atoms with Crippen molar-refractivity contribution < 1.29 is 4.79 Å². The Morgan fingerprint density at radius 3 is 2.80 bits per heavy atom. The number of rotatable bonds is 2. The Bertz CT molecular complexity index is 669. The van der Waals surface area contributed by atoms with Crippen LogP contribution in [0.25, 0.3) is 0 Å². The fourth-order valence-corrected chi connectivity index (χ4v) is 2.54. The molecule has 5 heteroatoms. The summed E-state index contributed by atoms with van der Waals surface area (Å²) in [5, 5.41) is 0. The first kappa shape index (κ1) is 12.5. The van der Waals surface area contributed by atoms with Crippen molar-refractivity contribution in [3.63, 3.8) is 0 Å². The molecule has 0 fully saturated rings. The highest BCUT2D eigenvalue weighted by molar-refractivity contribution is 5.91. The van der Waals surface area contributed by atoms with Crippen LogP contribution in [0, 0.1) is 0 Å². The standard InChI is InChI=1S/C15H16N4O/c16-12-4-1-3-10-7-8-19(9-11(10)12)14-6-2-5-13(18-14)15(17)20/h1-6H,7-9,16H2,(H2,17,20). The summed E-state index contributed by atoms with van der Waals surface area (Å²) in [4.78, 5) is 17.6. The average Bonchev–Trinajstić information content (AvgIpc) is 2.47. The van der Waals surface area contributed by atoms with Crippen molar-refractivity contribution in [2.24, 2.45) is 5.73 Å². The highest BCUT2D eigenvalue weighted by atomic mass is 16.1. The molecule has 1 aromatic carbocycles. The monoisotopic (exact) mass is 268 g/mol. The quantitative estimate of drug-likeness (QED) is 0.804. The number of pyridine rings is 1. The normalized spacial score (nSPS) is 13.9. The van der Waals surface area contributed by atoms with Gasteiger partial charge in [-0.25, -0.2) is 4.98 Å². The second-order valence-corrected chi connectivity index (χ2v) is 4.90. The first-order chi connectivity index (χ1) is 9.65. The van der Waals surface area contributed by atoms with Crippen molar-refractivity contribution in [2.45, 2.75) is 13.0 Å². The van der Waals surface area contributed by atoms with E-state index in [0.29, 0.717) is 6.54 Å². The molecule has 0 bridgehead atoms. The molecule has 4 N–H and O–H groups in total. The van der Waals surface area contributed by atoms with Crippen molar-refractivity contribution in [1.82, 2.24) is 4.98 Å². The molecule has 0 spiro atoms. The van der Waals surface area contributed by atoms with Crippen LogP contribution in [0.5, 0.6) is 0 Å². The summed E-state index contributed by atoms with van der Waals surface area (Å²) in [6.07, 6.45) is 0.919. The molecule has 5 nitrogen and oxygen atoms in total. The van der Waals surface area contributed by atoms with Gasteiger partial charge < -0.3 is 16.4 Å². The van der Waals surface area contributed by atoms with Crippen molar-refractivity contribution in [1.29, 1.82) is 0 Å². The Hall–Kier alpha value is -2.56. The zero-order valence-electron chi connectivity index (χ0n) is 11.0. The Morgan fingerprint density at radius 1 is 1.20 bits per heavy atom. The van der Waals surface area contributed by atoms with E-state index in [-0.39, 0.29) is 5.69 Å². The van der Waals surface area contributed by atoms with Gasteiger partial charge in [0.25, 0.3) is 5.91 Å². The maximum absolute atomic E-state index is 11.2. The summed E-state index contributed by atoms with van der Waals surface area (Å²) in [5.41, 5.74) is 14.8. The second kappa shape index (κ2) is 4.85. The molecule has 1 aliphatic rings. The molecule has 3 rings (SSSR count). The minimum atomic E-state index is -0.510. The number of carbonyl (C=O) groups excluding carboxylic acids is 1. The van der Waals surface area contributed by atoms with E-state index in [1.54, 1.807) is 12.1 Å². The fourth-order valence-electron chi connectivity index (χ4n) is 2.54. The van der Waals surface area contributed by atoms with Gasteiger partial charge in [0.2, 0.25) is 0 Å². The van der Waals surface area contributed by atoms with Gasteiger partial charge in [0.1, 0.15) is 11.5 Å². The van der Waals surface area contributed by atoms with Crippen LogP contribution in [0.1, 0.15) is 21.6 Å². The molecule has 0 atom stereocenters. The number of hydrogen-bond acceptors (Lipinski definition) is 4. The molecule has 1 aliphatic heterocycles. The summed E-state index contributed by atoms with van der Waals surface area (Å²) >= 11 is 0. The number of nitrogens with two attached hydrogens (primary N) is 2. The molecule has 102 valence electrons. The third-order valence-electron chi connectivity index (χ3n) is 3.62. The molecule has 0 saturated carbocycles. The number of fused-ring (bicyclic) bond motifs is 1. The zero-order valence-corrected chi connectivity index (χ0v) is 11.0. The number of aromatic nitrogens is 1. The van der Waals surface area contributed by atoms with Gasteiger partial charge in [0, 0.05) is 18.8 Å². The van der Waals surface area contributed by atoms with Gasteiger partial charge in [-0.3, -0.25) is 4.79 Å². The maximum atomic E-state index is 11.2. The topological polar surface area (TPSA) is 85.2 Å². The molecule has 2 aromatic rings. The molecule has 1 aromatic heterocycles. The number of nitrogens with zero attached hydrogens (tertiary/aromatic N) is 2. The van der Waals surface area contributed by atoms with Crippen molar-refractivity contribution in [3.8, 4) is 0 Å². The van der Waals surface area contributed by atoms with E-state index in [1.165, 1.54) is 5.56 Å². The summed E-state index contributed by atoms with van der Waals surface area (Å²) in [6.45, 7) is 1.56. The summed E-state index contributed by atoms with van der Waals surface area (Å²) in [5.74, 6) is 0.249. The van der Waals surface area contributed by atoms with Gasteiger partial charge in [0.05, 0.1) is 0 Å². The van der Waals surface area contributed by atoms with Crippen LogP contribution in [0.3, 0.4) is 0 Å². The minimum Gasteiger partial charge on any atom is -0.398 e. The number of amides is 1. The molecule has 2 heterocycles.